The zero-order chi connectivity index (χ0) is 13.5. The first-order valence-electron chi connectivity index (χ1n) is 6.18. The largest absolute Gasteiger partial charge is 0.356 e. The molecule has 0 spiro atoms. The van der Waals surface area contributed by atoms with E-state index in [1.54, 1.807) is 18.4 Å². The summed E-state index contributed by atoms with van der Waals surface area (Å²) in [6, 6.07) is 8.49. The van der Waals surface area contributed by atoms with Gasteiger partial charge in [-0.1, -0.05) is 24.1 Å². The number of benzene rings is 1. The lowest BCUT2D eigenvalue weighted by Gasteiger charge is -2.09. The van der Waals surface area contributed by atoms with Gasteiger partial charge in [-0.2, -0.15) is 0 Å². The molecule has 0 aliphatic rings. The SMILES string of the molecule is C#CCNC(=NC)NCCc1csc2ccccc12. The molecule has 2 N–H and O–H groups in total. The van der Waals surface area contributed by atoms with E-state index in [9.17, 15) is 0 Å². The summed E-state index contributed by atoms with van der Waals surface area (Å²) < 4.78 is 1.34. The van der Waals surface area contributed by atoms with Gasteiger partial charge in [-0.3, -0.25) is 4.99 Å². The van der Waals surface area contributed by atoms with Crippen molar-refractivity contribution in [1.82, 2.24) is 10.6 Å². The van der Waals surface area contributed by atoms with Crippen molar-refractivity contribution in [1.29, 1.82) is 0 Å². The predicted octanol–water partition coefficient (Wildman–Crippen LogP) is 2.24. The van der Waals surface area contributed by atoms with Crippen LogP contribution in [-0.4, -0.2) is 26.1 Å². The minimum Gasteiger partial charge on any atom is -0.356 e. The minimum absolute atomic E-state index is 0.487. The first-order valence-corrected chi connectivity index (χ1v) is 7.06. The second-order valence-corrected chi connectivity index (χ2v) is 4.97. The number of hydrogen-bond acceptors (Lipinski definition) is 2. The van der Waals surface area contributed by atoms with Crippen LogP contribution in [0, 0.1) is 12.3 Å². The summed E-state index contributed by atoms with van der Waals surface area (Å²) in [5.74, 6) is 3.28. The highest BCUT2D eigenvalue weighted by Gasteiger charge is 2.03. The Hall–Kier alpha value is -1.99. The van der Waals surface area contributed by atoms with Crippen LogP contribution < -0.4 is 10.6 Å². The number of terminal acetylenes is 1. The smallest absolute Gasteiger partial charge is 0.191 e. The number of guanidine groups is 1. The van der Waals surface area contributed by atoms with Crippen LogP contribution in [0.1, 0.15) is 5.56 Å². The topological polar surface area (TPSA) is 36.4 Å². The maximum Gasteiger partial charge on any atom is 0.191 e. The van der Waals surface area contributed by atoms with Crippen molar-refractivity contribution in [2.75, 3.05) is 20.1 Å². The Balaban J connectivity index is 1.91. The number of thiophene rings is 1. The molecule has 1 aromatic carbocycles. The van der Waals surface area contributed by atoms with Gasteiger partial charge in [0.1, 0.15) is 0 Å². The van der Waals surface area contributed by atoms with Gasteiger partial charge < -0.3 is 10.6 Å². The van der Waals surface area contributed by atoms with E-state index >= 15 is 0 Å². The second kappa shape index (κ2) is 6.81. The molecule has 0 radical (unpaired) electrons. The van der Waals surface area contributed by atoms with E-state index in [0.717, 1.165) is 18.9 Å². The van der Waals surface area contributed by atoms with Crippen molar-refractivity contribution in [3.8, 4) is 12.3 Å². The summed E-state index contributed by atoms with van der Waals surface area (Å²) in [4.78, 5) is 4.11. The fraction of sp³-hybridized carbons (Fsp3) is 0.267. The lowest BCUT2D eigenvalue weighted by atomic mass is 10.1. The van der Waals surface area contributed by atoms with Gasteiger partial charge in [0.2, 0.25) is 0 Å². The fourth-order valence-electron chi connectivity index (χ4n) is 1.90. The molecule has 2 rings (SSSR count). The van der Waals surface area contributed by atoms with Crippen molar-refractivity contribution >= 4 is 27.4 Å². The van der Waals surface area contributed by atoms with Crippen LogP contribution in [0.2, 0.25) is 0 Å². The molecule has 0 unspecified atom stereocenters. The zero-order valence-corrected chi connectivity index (χ0v) is 11.8. The summed E-state index contributed by atoms with van der Waals surface area (Å²) in [6.07, 6.45) is 6.18. The van der Waals surface area contributed by atoms with E-state index in [0.29, 0.717) is 6.54 Å². The lowest BCUT2D eigenvalue weighted by Crippen LogP contribution is -2.38. The Morgan fingerprint density at radius 3 is 3.00 bits per heavy atom. The summed E-state index contributed by atoms with van der Waals surface area (Å²) in [6.45, 7) is 1.33. The summed E-state index contributed by atoms with van der Waals surface area (Å²) in [5, 5.41) is 9.87. The van der Waals surface area contributed by atoms with Gasteiger partial charge in [0.15, 0.2) is 5.96 Å². The van der Waals surface area contributed by atoms with Crippen molar-refractivity contribution < 1.29 is 0 Å². The molecule has 0 bridgehead atoms. The third-order valence-electron chi connectivity index (χ3n) is 2.83. The monoisotopic (exact) mass is 271 g/mol. The molecule has 0 saturated carbocycles. The standard InChI is InChI=1S/C15H17N3S/c1-3-9-17-15(16-2)18-10-8-12-11-19-14-7-5-4-6-13(12)14/h1,4-7,11H,8-10H2,2H3,(H2,16,17,18). The van der Waals surface area contributed by atoms with E-state index in [1.165, 1.54) is 15.6 Å². The molecule has 0 atom stereocenters. The predicted molar refractivity (Wildman–Crippen MR) is 83.7 cm³/mol. The molecular formula is C15H17N3S. The molecule has 0 aliphatic heterocycles. The third-order valence-corrected chi connectivity index (χ3v) is 3.84. The molecule has 98 valence electrons. The quantitative estimate of drug-likeness (QED) is 0.508. The summed E-state index contributed by atoms with van der Waals surface area (Å²) >= 11 is 1.79. The highest BCUT2D eigenvalue weighted by atomic mass is 32.1. The van der Waals surface area contributed by atoms with Gasteiger partial charge in [-0.15, -0.1) is 17.8 Å². The second-order valence-electron chi connectivity index (χ2n) is 4.06. The van der Waals surface area contributed by atoms with Crippen LogP contribution >= 0.6 is 11.3 Å². The number of aliphatic imine (C=N–C) groups is 1. The summed E-state index contributed by atoms with van der Waals surface area (Å²) in [5.41, 5.74) is 1.38. The van der Waals surface area contributed by atoms with Crippen molar-refractivity contribution in [3.05, 3.63) is 35.2 Å². The Morgan fingerprint density at radius 2 is 2.21 bits per heavy atom. The van der Waals surface area contributed by atoms with E-state index < -0.39 is 0 Å². The van der Waals surface area contributed by atoms with Crippen molar-refractivity contribution in [2.45, 2.75) is 6.42 Å². The molecule has 2 aromatic rings. The maximum atomic E-state index is 5.21. The number of hydrogen-bond donors (Lipinski definition) is 2. The zero-order valence-electron chi connectivity index (χ0n) is 10.9. The van der Waals surface area contributed by atoms with Gasteiger partial charge in [0, 0.05) is 18.3 Å². The highest BCUT2D eigenvalue weighted by Crippen LogP contribution is 2.25. The normalized spacial score (nSPS) is 11.3. The fourth-order valence-corrected chi connectivity index (χ4v) is 2.89. The highest BCUT2D eigenvalue weighted by molar-refractivity contribution is 7.17. The van der Waals surface area contributed by atoms with E-state index in [1.807, 2.05) is 0 Å². The first kappa shape index (κ1) is 13.4. The number of rotatable bonds is 4. The van der Waals surface area contributed by atoms with Crippen LogP contribution in [0.15, 0.2) is 34.6 Å². The molecule has 4 heteroatoms. The minimum atomic E-state index is 0.487. The molecule has 0 fully saturated rings. The first-order chi connectivity index (χ1) is 9.35. The van der Waals surface area contributed by atoms with Gasteiger partial charge in [0.25, 0.3) is 0 Å². The van der Waals surface area contributed by atoms with Crippen LogP contribution in [0.3, 0.4) is 0 Å². The molecule has 19 heavy (non-hydrogen) atoms. The lowest BCUT2D eigenvalue weighted by molar-refractivity contribution is 0.829. The molecule has 1 aromatic heterocycles. The number of fused-ring (bicyclic) bond motifs is 1. The van der Waals surface area contributed by atoms with Crippen LogP contribution in [0.5, 0.6) is 0 Å². The van der Waals surface area contributed by atoms with Gasteiger partial charge >= 0.3 is 0 Å². The van der Waals surface area contributed by atoms with Crippen molar-refractivity contribution in [3.63, 3.8) is 0 Å². The van der Waals surface area contributed by atoms with Crippen LogP contribution in [-0.2, 0) is 6.42 Å². The van der Waals surface area contributed by atoms with Gasteiger partial charge in [-0.05, 0) is 28.8 Å². The van der Waals surface area contributed by atoms with Crippen LogP contribution in [0.25, 0.3) is 10.1 Å². The van der Waals surface area contributed by atoms with Gasteiger partial charge in [0.05, 0.1) is 6.54 Å². The third kappa shape index (κ3) is 3.49. The molecule has 0 saturated heterocycles. The average Bonchev–Trinajstić information content (AvgIpc) is 2.86. The van der Waals surface area contributed by atoms with Crippen LogP contribution in [0.4, 0.5) is 0 Å². The molecular weight excluding hydrogens is 254 g/mol. The molecule has 3 nitrogen and oxygen atoms in total. The van der Waals surface area contributed by atoms with E-state index in [4.69, 9.17) is 6.42 Å². The Morgan fingerprint density at radius 1 is 1.37 bits per heavy atom. The van der Waals surface area contributed by atoms with E-state index in [2.05, 4.69) is 51.2 Å². The molecule has 0 amide bonds. The van der Waals surface area contributed by atoms with Gasteiger partial charge in [-0.25, -0.2) is 0 Å². The number of nitrogens with zero attached hydrogens (tertiary/aromatic N) is 1. The van der Waals surface area contributed by atoms with E-state index in [-0.39, 0.29) is 0 Å². The Kier molecular flexibility index (Phi) is 4.82. The molecule has 1 heterocycles. The molecule has 0 aliphatic carbocycles. The number of nitrogens with one attached hydrogen (secondary N) is 2. The maximum absolute atomic E-state index is 5.21. The Bertz CT molecular complexity index is 607. The van der Waals surface area contributed by atoms with Crippen molar-refractivity contribution in [2.24, 2.45) is 4.99 Å². The summed E-state index contributed by atoms with van der Waals surface area (Å²) in [7, 11) is 1.74. The average molecular weight is 271 g/mol. The Labute approximate surface area is 117 Å².